The van der Waals surface area contributed by atoms with Crippen LogP contribution in [0.15, 0.2) is 17.1 Å². The van der Waals surface area contributed by atoms with E-state index in [0.29, 0.717) is 0 Å². The molecule has 1 heterocycles. The number of amides is 1. The third-order valence-electron chi connectivity index (χ3n) is 1.39. The zero-order chi connectivity index (χ0) is 9.14. The second kappa shape index (κ2) is 3.08. The molecule has 0 bridgehead atoms. The van der Waals surface area contributed by atoms with Crippen molar-refractivity contribution in [3.63, 3.8) is 0 Å². The summed E-state index contributed by atoms with van der Waals surface area (Å²) in [5.41, 5.74) is 4.26. The zero-order valence-corrected chi connectivity index (χ0v) is 6.46. The van der Waals surface area contributed by atoms with Crippen molar-refractivity contribution in [2.24, 2.45) is 5.73 Å². The fourth-order valence-corrected chi connectivity index (χ4v) is 0.864. The van der Waals surface area contributed by atoms with Crippen LogP contribution in [0.25, 0.3) is 0 Å². The van der Waals surface area contributed by atoms with E-state index in [1.807, 2.05) is 0 Å². The van der Waals surface area contributed by atoms with Crippen molar-refractivity contribution in [2.75, 3.05) is 7.11 Å². The Hall–Kier alpha value is -1.78. The van der Waals surface area contributed by atoms with Gasteiger partial charge in [-0.2, -0.15) is 0 Å². The van der Waals surface area contributed by atoms with Crippen LogP contribution in [0.4, 0.5) is 0 Å². The summed E-state index contributed by atoms with van der Waals surface area (Å²) in [4.78, 5) is 24.0. The molecular formula is C7H8N2O3. The Morgan fingerprint density at radius 1 is 1.67 bits per heavy atom. The molecule has 1 rings (SSSR count). The van der Waals surface area contributed by atoms with E-state index in [2.05, 4.69) is 4.98 Å². The van der Waals surface area contributed by atoms with Crippen molar-refractivity contribution < 1.29 is 9.53 Å². The molecule has 0 saturated heterocycles. The summed E-state index contributed by atoms with van der Waals surface area (Å²) in [5, 5.41) is 0. The summed E-state index contributed by atoms with van der Waals surface area (Å²) >= 11 is 0. The third kappa shape index (κ3) is 1.29. The number of aromatic nitrogens is 1. The van der Waals surface area contributed by atoms with Gasteiger partial charge in [0, 0.05) is 6.20 Å². The molecule has 0 aliphatic carbocycles. The maximum absolute atomic E-state index is 11.0. The highest BCUT2D eigenvalue weighted by atomic mass is 16.5. The first-order valence-electron chi connectivity index (χ1n) is 3.22. The minimum atomic E-state index is -0.797. The maximum Gasteiger partial charge on any atom is 0.264 e. The van der Waals surface area contributed by atoms with Gasteiger partial charge in [0.15, 0.2) is 0 Å². The molecule has 0 atom stereocenters. The average molecular weight is 168 g/mol. The first-order valence-corrected chi connectivity index (χ1v) is 3.22. The number of nitrogens with two attached hydrogens (primary N) is 1. The molecule has 0 fully saturated rings. The molecular weight excluding hydrogens is 160 g/mol. The molecule has 0 unspecified atom stereocenters. The van der Waals surface area contributed by atoms with E-state index < -0.39 is 11.5 Å². The van der Waals surface area contributed by atoms with Crippen molar-refractivity contribution in [3.05, 3.63) is 28.2 Å². The summed E-state index contributed by atoms with van der Waals surface area (Å²) in [7, 11) is 1.36. The third-order valence-corrected chi connectivity index (χ3v) is 1.39. The summed E-state index contributed by atoms with van der Waals surface area (Å²) < 4.78 is 4.77. The number of primary amides is 1. The number of hydrogen-bond donors (Lipinski definition) is 2. The fourth-order valence-electron chi connectivity index (χ4n) is 0.864. The first kappa shape index (κ1) is 8.32. The first-order chi connectivity index (χ1) is 5.66. The molecule has 1 aromatic rings. The monoisotopic (exact) mass is 168 g/mol. The number of H-pyrrole nitrogens is 1. The number of ether oxygens (including phenoxy) is 1. The lowest BCUT2D eigenvalue weighted by atomic mass is 10.2. The minimum Gasteiger partial charge on any atom is -0.496 e. The van der Waals surface area contributed by atoms with Gasteiger partial charge >= 0.3 is 0 Å². The molecule has 1 aromatic heterocycles. The SMILES string of the molecule is COc1cc[nH]c(=O)c1C(N)=O. The van der Waals surface area contributed by atoms with Crippen molar-refractivity contribution in [2.45, 2.75) is 0 Å². The van der Waals surface area contributed by atoms with Crippen LogP contribution in [-0.2, 0) is 0 Å². The summed E-state index contributed by atoms with van der Waals surface area (Å²) in [6.07, 6.45) is 1.38. The van der Waals surface area contributed by atoms with Gasteiger partial charge in [0.2, 0.25) is 0 Å². The second-order valence-corrected chi connectivity index (χ2v) is 2.11. The number of methoxy groups -OCH3 is 1. The number of aromatic amines is 1. The molecule has 64 valence electrons. The molecule has 0 aromatic carbocycles. The van der Waals surface area contributed by atoms with Crippen LogP contribution < -0.4 is 16.0 Å². The fraction of sp³-hybridized carbons (Fsp3) is 0.143. The molecule has 1 amide bonds. The normalized spacial score (nSPS) is 9.42. The number of carbonyl (C=O) groups excluding carboxylic acids is 1. The summed E-state index contributed by atoms with van der Waals surface area (Å²) in [6, 6.07) is 1.46. The van der Waals surface area contributed by atoms with Crippen LogP contribution >= 0.6 is 0 Å². The summed E-state index contributed by atoms with van der Waals surface area (Å²) in [5.74, 6) is -0.611. The Labute approximate surface area is 68.2 Å². The molecule has 12 heavy (non-hydrogen) atoms. The van der Waals surface area contributed by atoms with Gasteiger partial charge < -0.3 is 15.5 Å². The van der Waals surface area contributed by atoms with Crippen LogP contribution in [0.2, 0.25) is 0 Å². The standard InChI is InChI=1S/C7H8N2O3/c1-12-4-2-3-9-7(11)5(4)6(8)10/h2-3H,1H3,(H2,8,10)(H,9,11). The van der Waals surface area contributed by atoms with E-state index in [0.717, 1.165) is 0 Å². The lowest BCUT2D eigenvalue weighted by molar-refractivity contribution is 0.0996. The Bertz CT molecular complexity index is 356. The van der Waals surface area contributed by atoms with Gasteiger partial charge in [0.25, 0.3) is 11.5 Å². The van der Waals surface area contributed by atoms with E-state index >= 15 is 0 Å². The number of rotatable bonds is 2. The van der Waals surface area contributed by atoms with Gasteiger partial charge in [-0.25, -0.2) is 0 Å². The van der Waals surface area contributed by atoms with Crippen molar-refractivity contribution in [3.8, 4) is 5.75 Å². The van der Waals surface area contributed by atoms with Gasteiger partial charge in [-0.05, 0) is 6.07 Å². The highest BCUT2D eigenvalue weighted by Crippen LogP contribution is 2.10. The lowest BCUT2D eigenvalue weighted by Gasteiger charge is -2.01. The van der Waals surface area contributed by atoms with Gasteiger partial charge in [0.1, 0.15) is 11.3 Å². The van der Waals surface area contributed by atoms with Gasteiger partial charge in [-0.3, -0.25) is 9.59 Å². The second-order valence-electron chi connectivity index (χ2n) is 2.11. The molecule has 5 heteroatoms. The van der Waals surface area contributed by atoms with Crippen LogP contribution in [0.3, 0.4) is 0 Å². The summed E-state index contributed by atoms with van der Waals surface area (Å²) in [6.45, 7) is 0. The molecule has 0 aliphatic heterocycles. The predicted octanol–water partition coefficient (Wildman–Crippen LogP) is -0.518. The molecule has 0 spiro atoms. The highest BCUT2D eigenvalue weighted by molar-refractivity contribution is 5.95. The van der Waals surface area contributed by atoms with Gasteiger partial charge in [-0.15, -0.1) is 0 Å². The number of pyridine rings is 1. The zero-order valence-electron chi connectivity index (χ0n) is 6.46. The largest absolute Gasteiger partial charge is 0.496 e. The molecule has 5 nitrogen and oxygen atoms in total. The number of nitrogens with one attached hydrogen (secondary N) is 1. The van der Waals surface area contributed by atoms with Gasteiger partial charge in [-0.1, -0.05) is 0 Å². The van der Waals surface area contributed by atoms with Crippen LogP contribution in [0.5, 0.6) is 5.75 Å². The van der Waals surface area contributed by atoms with Crippen molar-refractivity contribution >= 4 is 5.91 Å². The lowest BCUT2D eigenvalue weighted by Crippen LogP contribution is -2.23. The smallest absolute Gasteiger partial charge is 0.264 e. The number of carbonyl (C=O) groups is 1. The average Bonchev–Trinajstić information content (AvgIpc) is 2.03. The highest BCUT2D eigenvalue weighted by Gasteiger charge is 2.12. The maximum atomic E-state index is 11.0. The Kier molecular flexibility index (Phi) is 2.14. The van der Waals surface area contributed by atoms with E-state index in [-0.39, 0.29) is 11.3 Å². The molecule has 0 radical (unpaired) electrons. The Balaban J connectivity index is 3.40. The molecule has 0 aliphatic rings. The quantitative estimate of drug-likeness (QED) is 0.623. The van der Waals surface area contributed by atoms with Crippen LogP contribution in [0, 0.1) is 0 Å². The Morgan fingerprint density at radius 2 is 2.33 bits per heavy atom. The van der Waals surface area contributed by atoms with Crippen molar-refractivity contribution in [1.29, 1.82) is 0 Å². The topological polar surface area (TPSA) is 85.2 Å². The van der Waals surface area contributed by atoms with Gasteiger partial charge in [0.05, 0.1) is 7.11 Å². The number of hydrogen-bond acceptors (Lipinski definition) is 3. The van der Waals surface area contributed by atoms with E-state index in [1.54, 1.807) is 0 Å². The van der Waals surface area contributed by atoms with Crippen LogP contribution in [0.1, 0.15) is 10.4 Å². The molecule has 0 saturated carbocycles. The minimum absolute atomic E-state index is 0.153. The van der Waals surface area contributed by atoms with E-state index in [4.69, 9.17) is 10.5 Å². The van der Waals surface area contributed by atoms with E-state index in [1.165, 1.54) is 19.4 Å². The molecule has 3 N–H and O–H groups in total. The van der Waals surface area contributed by atoms with Crippen molar-refractivity contribution in [1.82, 2.24) is 4.98 Å². The van der Waals surface area contributed by atoms with E-state index in [9.17, 15) is 9.59 Å². The Morgan fingerprint density at radius 3 is 2.75 bits per heavy atom. The predicted molar refractivity (Wildman–Crippen MR) is 42.1 cm³/mol. The van der Waals surface area contributed by atoms with Crippen LogP contribution in [-0.4, -0.2) is 18.0 Å².